The number of nitrogens with one attached hydrogen (secondary N) is 1. The monoisotopic (exact) mass is 280 g/mol. The van der Waals surface area contributed by atoms with Gasteiger partial charge < -0.3 is 10.2 Å². The van der Waals surface area contributed by atoms with Crippen molar-refractivity contribution >= 4 is 0 Å². The van der Waals surface area contributed by atoms with Gasteiger partial charge in [-0.1, -0.05) is 34.1 Å². The summed E-state index contributed by atoms with van der Waals surface area (Å²) < 4.78 is 0. The molecule has 0 aromatic rings. The van der Waals surface area contributed by atoms with E-state index in [1.807, 2.05) is 0 Å². The Kier molecular flexibility index (Phi) is 5.53. The lowest BCUT2D eigenvalue weighted by Gasteiger charge is -2.45. The summed E-state index contributed by atoms with van der Waals surface area (Å²) in [7, 11) is 0. The van der Waals surface area contributed by atoms with Crippen LogP contribution in [0, 0.1) is 10.8 Å². The molecule has 0 radical (unpaired) electrons. The molecule has 0 aromatic carbocycles. The minimum Gasteiger partial charge on any atom is -0.314 e. The second-order valence-corrected chi connectivity index (χ2v) is 8.82. The summed E-state index contributed by atoms with van der Waals surface area (Å²) in [5.41, 5.74) is 1.01. The molecule has 0 unspecified atom stereocenters. The van der Waals surface area contributed by atoms with Crippen LogP contribution in [-0.4, -0.2) is 37.1 Å². The van der Waals surface area contributed by atoms with Crippen molar-refractivity contribution in [3.05, 3.63) is 0 Å². The molecule has 1 aliphatic heterocycles. The van der Waals surface area contributed by atoms with Gasteiger partial charge in [-0.25, -0.2) is 0 Å². The molecule has 20 heavy (non-hydrogen) atoms. The van der Waals surface area contributed by atoms with E-state index in [0.29, 0.717) is 10.8 Å². The molecule has 0 atom stereocenters. The molecule has 2 fully saturated rings. The molecule has 0 aromatic heterocycles. The van der Waals surface area contributed by atoms with Gasteiger partial charge in [-0.3, -0.25) is 0 Å². The molecule has 0 bridgehead atoms. The van der Waals surface area contributed by atoms with E-state index < -0.39 is 0 Å². The fourth-order valence-electron chi connectivity index (χ4n) is 4.78. The van der Waals surface area contributed by atoms with Crippen LogP contribution >= 0.6 is 0 Å². The van der Waals surface area contributed by atoms with Gasteiger partial charge in [0.15, 0.2) is 0 Å². The average Bonchev–Trinajstić information content (AvgIpc) is 2.32. The Hall–Kier alpha value is -0.0800. The van der Waals surface area contributed by atoms with Gasteiger partial charge in [0.25, 0.3) is 0 Å². The summed E-state index contributed by atoms with van der Waals surface area (Å²) in [5.74, 6) is 0. The molecule has 1 saturated heterocycles. The Balaban J connectivity index is 1.65. The number of hydrogen-bond acceptors (Lipinski definition) is 2. The van der Waals surface area contributed by atoms with Gasteiger partial charge in [-0.2, -0.15) is 0 Å². The van der Waals surface area contributed by atoms with E-state index >= 15 is 0 Å². The minimum atomic E-state index is 0.506. The Morgan fingerprint density at radius 3 is 2.15 bits per heavy atom. The maximum Gasteiger partial charge on any atom is 0.00772 e. The standard InChI is InChI=1S/C18H36N2/c1-17(2)13-16(14-18(3,4)15-17)19-9-8-12-20-10-6-5-7-11-20/h16,19H,5-15H2,1-4H3. The van der Waals surface area contributed by atoms with Crippen LogP contribution in [0.2, 0.25) is 0 Å². The van der Waals surface area contributed by atoms with E-state index in [1.54, 1.807) is 0 Å². The summed E-state index contributed by atoms with van der Waals surface area (Å²) >= 11 is 0. The highest BCUT2D eigenvalue weighted by molar-refractivity contribution is 4.92. The van der Waals surface area contributed by atoms with Crippen molar-refractivity contribution in [2.45, 2.75) is 78.7 Å². The van der Waals surface area contributed by atoms with Gasteiger partial charge in [0, 0.05) is 6.04 Å². The number of likely N-dealkylation sites (tertiary alicyclic amines) is 1. The lowest BCUT2D eigenvalue weighted by molar-refractivity contribution is 0.0846. The molecule has 118 valence electrons. The maximum atomic E-state index is 3.85. The molecule has 1 N–H and O–H groups in total. The highest BCUT2D eigenvalue weighted by atomic mass is 15.1. The Labute approximate surface area is 126 Å². The maximum absolute atomic E-state index is 3.85. The molecule has 2 heteroatoms. The molecule has 1 saturated carbocycles. The summed E-state index contributed by atoms with van der Waals surface area (Å²) in [6.45, 7) is 14.9. The first-order valence-electron chi connectivity index (χ1n) is 8.82. The zero-order valence-electron chi connectivity index (χ0n) is 14.3. The van der Waals surface area contributed by atoms with Crippen LogP contribution in [0.15, 0.2) is 0 Å². The topological polar surface area (TPSA) is 15.3 Å². The third-order valence-electron chi connectivity index (χ3n) is 5.09. The third kappa shape index (κ3) is 5.37. The predicted octanol–water partition coefficient (Wildman–Crippen LogP) is 4.06. The van der Waals surface area contributed by atoms with Crippen molar-refractivity contribution < 1.29 is 0 Å². The van der Waals surface area contributed by atoms with Gasteiger partial charge in [-0.15, -0.1) is 0 Å². The van der Waals surface area contributed by atoms with Crippen molar-refractivity contribution in [1.82, 2.24) is 10.2 Å². The SMILES string of the molecule is CC1(C)CC(NCCCN2CCCCC2)CC(C)(C)C1. The van der Waals surface area contributed by atoms with Crippen molar-refractivity contribution in [2.75, 3.05) is 26.2 Å². The Bertz CT molecular complexity index is 274. The number of hydrogen-bond donors (Lipinski definition) is 1. The average molecular weight is 280 g/mol. The van der Waals surface area contributed by atoms with Crippen LogP contribution in [-0.2, 0) is 0 Å². The minimum absolute atomic E-state index is 0.506. The fraction of sp³-hybridized carbons (Fsp3) is 1.00. The van der Waals surface area contributed by atoms with E-state index in [1.165, 1.54) is 71.1 Å². The summed E-state index contributed by atoms with van der Waals surface area (Å²) in [6, 6.07) is 0.732. The van der Waals surface area contributed by atoms with Crippen LogP contribution in [0.3, 0.4) is 0 Å². The van der Waals surface area contributed by atoms with Crippen molar-refractivity contribution in [3.63, 3.8) is 0 Å². The first-order valence-corrected chi connectivity index (χ1v) is 8.82. The van der Waals surface area contributed by atoms with Crippen LogP contribution in [0.4, 0.5) is 0 Å². The number of piperidine rings is 1. The van der Waals surface area contributed by atoms with Gasteiger partial charge in [0.2, 0.25) is 0 Å². The second-order valence-electron chi connectivity index (χ2n) is 8.82. The predicted molar refractivity (Wildman–Crippen MR) is 88.1 cm³/mol. The summed E-state index contributed by atoms with van der Waals surface area (Å²) in [4.78, 5) is 2.65. The second kappa shape index (κ2) is 6.79. The lowest BCUT2D eigenvalue weighted by Crippen LogP contribution is -2.44. The molecule has 2 nitrogen and oxygen atoms in total. The van der Waals surface area contributed by atoms with Crippen LogP contribution in [0.5, 0.6) is 0 Å². The molecule has 2 aliphatic rings. The van der Waals surface area contributed by atoms with Crippen LogP contribution in [0.1, 0.15) is 72.6 Å². The van der Waals surface area contributed by atoms with E-state index in [9.17, 15) is 0 Å². The molecule has 0 spiro atoms. The summed E-state index contributed by atoms with van der Waals surface area (Å²) in [6.07, 6.45) is 9.65. The van der Waals surface area contributed by atoms with Gasteiger partial charge in [-0.05, 0) is 75.5 Å². The van der Waals surface area contributed by atoms with E-state index in [-0.39, 0.29) is 0 Å². The molecule has 1 aliphatic carbocycles. The normalized spacial score (nSPS) is 27.6. The van der Waals surface area contributed by atoms with Crippen LogP contribution < -0.4 is 5.32 Å². The van der Waals surface area contributed by atoms with Gasteiger partial charge >= 0.3 is 0 Å². The van der Waals surface area contributed by atoms with Crippen molar-refractivity contribution in [3.8, 4) is 0 Å². The first kappa shape index (κ1) is 16.3. The summed E-state index contributed by atoms with van der Waals surface area (Å²) in [5, 5.41) is 3.85. The van der Waals surface area contributed by atoms with Gasteiger partial charge in [0.1, 0.15) is 0 Å². The molecular formula is C18H36N2. The van der Waals surface area contributed by atoms with Gasteiger partial charge in [0.05, 0.1) is 0 Å². The van der Waals surface area contributed by atoms with E-state index in [2.05, 4.69) is 37.9 Å². The molecule has 0 amide bonds. The molecular weight excluding hydrogens is 244 g/mol. The first-order chi connectivity index (χ1) is 9.36. The molecule has 2 rings (SSSR count). The molecule has 1 heterocycles. The number of nitrogens with zero attached hydrogens (tertiary/aromatic N) is 1. The van der Waals surface area contributed by atoms with Crippen LogP contribution in [0.25, 0.3) is 0 Å². The van der Waals surface area contributed by atoms with E-state index in [4.69, 9.17) is 0 Å². The zero-order chi connectivity index (χ0) is 14.6. The fourth-order valence-corrected chi connectivity index (χ4v) is 4.78. The highest BCUT2D eigenvalue weighted by Gasteiger charge is 2.37. The van der Waals surface area contributed by atoms with Crippen molar-refractivity contribution in [1.29, 1.82) is 0 Å². The third-order valence-corrected chi connectivity index (χ3v) is 5.09. The largest absolute Gasteiger partial charge is 0.314 e. The smallest absolute Gasteiger partial charge is 0.00772 e. The van der Waals surface area contributed by atoms with Crippen molar-refractivity contribution in [2.24, 2.45) is 10.8 Å². The highest BCUT2D eigenvalue weighted by Crippen LogP contribution is 2.45. The zero-order valence-corrected chi connectivity index (χ0v) is 14.3. The Morgan fingerprint density at radius 1 is 0.950 bits per heavy atom. The van der Waals surface area contributed by atoms with E-state index in [0.717, 1.165) is 6.04 Å². The lowest BCUT2D eigenvalue weighted by atomic mass is 9.63. The number of rotatable bonds is 5. The Morgan fingerprint density at radius 2 is 1.55 bits per heavy atom. The quantitative estimate of drug-likeness (QED) is 0.764.